The standard InChI is InChI=1S/C22H26N2O7/c23-16-7-6-15(13-29-22(28)24-9-8-14-4-2-1-3-5-14)18(10-16)30-20-12-17(25)11-19(31-20)21(26)27/h1-7,10,17,19-20,25H,8-9,11-13,23H2,(H,24,28)(H,26,27)/t17?,19-,20+/m0/s1. The molecule has 0 radical (unpaired) electrons. The van der Waals surface area contributed by atoms with Gasteiger partial charge in [0.1, 0.15) is 12.4 Å². The smallest absolute Gasteiger partial charge is 0.407 e. The Bertz CT molecular complexity index is 891. The summed E-state index contributed by atoms with van der Waals surface area (Å²) in [4.78, 5) is 23.2. The lowest BCUT2D eigenvalue weighted by Gasteiger charge is -2.31. The molecule has 1 amide bonds. The van der Waals surface area contributed by atoms with Crippen molar-refractivity contribution in [1.82, 2.24) is 5.32 Å². The first-order valence-electron chi connectivity index (χ1n) is 9.96. The molecule has 1 saturated heterocycles. The molecule has 5 N–H and O–H groups in total. The third-order valence-corrected chi connectivity index (χ3v) is 4.78. The predicted molar refractivity (Wildman–Crippen MR) is 111 cm³/mol. The van der Waals surface area contributed by atoms with Gasteiger partial charge in [0.25, 0.3) is 0 Å². The Morgan fingerprint density at radius 2 is 1.94 bits per heavy atom. The van der Waals surface area contributed by atoms with Gasteiger partial charge in [-0.1, -0.05) is 30.3 Å². The number of ether oxygens (including phenoxy) is 3. The number of aliphatic hydroxyl groups excluding tert-OH is 1. The number of carboxylic acids is 1. The van der Waals surface area contributed by atoms with Gasteiger partial charge in [0.15, 0.2) is 6.10 Å². The van der Waals surface area contributed by atoms with E-state index in [1.165, 1.54) is 6.07 Å². The van der Waals surface area contributed by atoms with Crippen molar-refractivity contribution in [2.24, 2.45) is 0 Å². The van der Waals surface area contributed by atoms with Gasteiger partial charge in [-0.05, 0) is 24.1 Å². The summed E-state index contributed by atoms with van der Waals surface area (Å²) in [5.74, 6) is -0.879. The summed E-state index contributed by atoms with van der Waals surface area (Å²) < 4.78 is 16.4. The molecule has 1 fully saturated rings. The number of amides is 1. The fraction of sp³-hybridized carbons (Fsp3) is 0.364. The molecule has 3 rings (SSSR count). The van der Waals surface area contributed by atoms with Gasteiger partial charge in [-0.25, -0.2) is 9.59 Å². The number of nitrogens with one attached hydrogen (secondary N) is 1. The van der Waals surface area contributed by atoms with Crippen LogP contribution < -0.4 is 15.8 Å². The van der Waals surface area contributed by atoms with Crippen LogP contribution in [0.4, 0.5) is 10.5 Å². The molecular formula is C22H26N2O7. The summed E-state index contributed by atoms with van der Waals surface area (Å²) in [6.45, 7) is 0.350. The third-order valence-electron chi connectivity index (χ3n) is 4.78. The maximum atomic E-state index is 12.0. The minimum atomic E-state index is -1.17. The number of nitrogens with two attached hydrogens (primary N) is 1. The molecule has 1 heterocycles. The molecule has 0 spiro atoms. The lowest BCUT2D eigenvalue weighted by molar-refractivity contribution is -0.195. The number of carbonyl (C=O) groups excluding carboxylic acids is 1. The predicted octanol–water partition coefficient (Wildman–Crippen LogP) is 2.07. The Morgan fingerprint density at radius 3 is 2.68 bits per heavy atom. The number of carboxylic acid groups (broad SMARTS) is 1. The van der Waals surface area contributed by atoms with Gasteiger partial charge in [-0.3, -0.25) is 0 Å². The van der Waals surface area contributed by atoms with E-state index in [1.54, 1.807) is 12.1 Å². The number of benzene rings is 2. The first-order valence-corrected chi connectivity index (χ1v) is 9.96. The topological polar surface area (TPSA) is 140 Å². The highest BCUT2D eigenvalue weighted by Gasteiger charge is 2.34. The number of aliphatic carboxylic acids is 1. The molecule has 2 aromatic carbocycles. The van der Waals surface area contributed by atoms with Crippen molar-refractivity contribution in [3.05, 3.63) is 59.7 Å². The van der Waals surface area contributed by atoms with E-state index in [0.717, 1.165) is 5.56 Å². The number of hydrogen-bond acceptors (Lipinski definition) is 7. The van der Waals surface area contributed by atoms with E-state index in [0.29, 0.717) is 30.0 Å². The van der Waals surface area contributed by atoms with Crippen molar-refractivity contribution in [2.45, 2.75) is 44.4 Å². The molecular weight excluding hydrogens is 404 g/mol. The number of anilines is 1. The van der Waals surface area contributed by atoms with Crippen molar-refractivity contribution >= 4 is 17.7 Å². The van der Waals surface area contributed by atoms with Crippen LogP contribution in [-0.2, 0) is 27.3 Å². The van der Waals surface area contributed by atoms with Crippen LogP contribution in [0, 0.1) is 0 Å². The van der Waals surface area contributed by atoms with Gasteiger partial charge < -0.3 is 35.5 Å². The van der Waals surface area contributed by atoms with E-state index in [-0.39, 0.29) is 19.4 Å². The zero-order valence-corrected chi connectivity index (χ0v) is 16.9. The Morgan fingerprint density at radius 1 is 1.16 bits per heavy atom. The molecule has 1 unspecified atom stereocenters. The quantitative estimate of drug-likeness (QED) is 0.467. The molecule has 166 valence electrons. The minimum Gasteiger partial charge on any atom is -0.479 e. The number of rotatable bonds is 8. The maximum Gasteiger partial charge on any atom is 0.407 e. The molecule has 0 aromatic heterocycles. The van der Waals surface area contributed by atoms with Crippen LogP contribution in [0.5, 0.6) is 5.75 Å². The summed E-state index contributed by atoms with van der Waals surface area (Å²) in [5, 5.41) is 21.8. The molecule has 0 bridgehead atoms. The fourth-order valence-corrected chi connectivity index (χ4v) is 3.18. The normalized spacial score (nSPS) is 20.6. The Hall–Kier alpha value is -3.30. The fourth-order valence-electron chi connectivity index (χ4n) is 3.18. The van der Waals surface area contributed by atoms with Crippen LogP contribution in [0.3, 0.4) is 0 Å². The van der Waals surface area contributed by atoms with Crippen LogP contribution in [0.15, 0.2) is 48.5 Å². The molecule has 0 saturated carbocycles. The molecule has 0 aliphatic carbocycles. The highest BCUT2D eigenvalue weighted by atomic mass is 16.7. The van der Waals surface area contributed by atoms with E-state index in [1.807, 2.05) is 30.3 Å². The summed E-state index contributed by atoms with van der Waals surface area (Å²) in [6, 6.07) is 14.6. The second-order valence-corrected chi connectivity index (χ2v) is 7.24. The monoisotopic (exact) mass is 430 g/mol. The SMILES string of the molecule is Nc1ccc(COC(=O)NCCc2ccccc2)c(O[C@H]2CC(O)C[C@@H](C(=O)O)O2)c1. The van der Waals surface area contributed by atoms with E-state index in [2.05, 4.69) is 5.32 Å². The molecule has 31 heavy (non-hydrogen) atoms. The first kappa shape index (κ1) is 22.4. The van der Waals surface area contributed by atoms with Gasteiger partial charge >= 0.3 is 12.1 Å². The lowest BCUT2D eigenvalue weighted by atomic mass is 10.1. The van der Waals surface area contributed by atoms with Crippen LogP contribution in [0.2, 0.25) is 0 Å². The Balaban J connectivity index is 1.54. The maximum absolute atomic E-state index is 12.0. The largest absolute Gasteiger partial charge is 0.479 e. The summed E-state index contributed by atoms with van der Waals surface area (Å²) in [7, 11) is 0. The molecule has 9 nitrogen and oxygen atoms in total. The van der Waals surface area contributed by atoms with Gasteiger partial charge in [-0.2, -0.15) is 0 Å². The van der Waals surface area contributed by atoms with Crippen molar-refractivity contribution < 1.29 is 34.0 Å². The van der Waals surface area contributed by atoms with Gasteiger partial charge in [0.2, 0.25) is 6.29 Å². The molecule has 3 atom stereocenters. The minimum absolute atomic E-state index is 0.00869. The highest BCUT2D eigenvalue weighted by molar-refractivity contribution is 5.72. The van der Waals surface area contributed by atoms with Crippen molar-refractivity contribution in [2.75, 3.05) is 12.3 Å². The van der Waals surface area contributed by atoms with Crippen molar-refractivity contribution in [1.29, 1.82) is 0 Å². The number of nitrogen functional groups attached to an aromatic ring is 1. The number of alkyl carbamates (subject to hydrolysis) is 1. The second-order valence-electron chi connectivity index (χ2n) is 7.24. The molecule has 1 aliphatic heterocycles. The number of carbonyl (C=O) groups is 2. The van der Waals surface area contributed by atoms with Crippen LogP contribution in [-0.4, -0.2) is 47.3 Å². The van der Waals surface area contributed by atoms with Gasteiger partial charge in [-0.15, -0.1) is 0 Å². The van der Waals surface area contributed by atoms with Crippen LogP contribution in [0.1, 0.15) is 24.0 Å². The van der Waals surface area contributed by atoms with E-state index >= 15 is 0 Å². The van der Waals surface area contributed by atoms with Crippen LogP contribution >= 0.6 is 0 Å². The summed E-state index contributed by atoms with van der Waals surface area (Å²) in [6.07, 6.45) is -2.79. The first-order chi connectivity index (χ1) is 14.9. The highest BCUT2D eigenvalue weighted by Crippen LogP contribution is 2.28. The molecule has 2 aromatic rings. The average molecular weight is 430 g/mol. The van der Waals surface area contributed by atoms with E-state index in [4.69, 9.17) is 25.1 Å². The summed E-state index contributed by atoms with van der Waals surface area (Å²) in [5.41, 5.74) is 7.88. The second kappa shape index (κ2) is 10.6. The molecule has 9 heteroatoms. The molecule has 1 aliphatic rings. The zero-order valence-electron chi connectivity index (χ0n) is 16.9. The Kier molecular flexibility index (Phi) is 7.69. The van der Waals surface area contributed by atoms with Gasteiger partial charge in [0, 0.05) is 36.7 Å². The summed E-state index contributed by atoms with van der Waals surface area (Å²) >= 11 is 0. The van der Waals surface area contributed by atoms with Gasteiger partial charge in [0.05, 0.1) is 6.10 Å². The van der Waals surface area contributed by atoms with E-state index in [9.17, 15) is 14.7 Å². The van der Waals surface area contributed by atoms with Crippen LogP contribution in [0.25, 0.3) is 0 Å². The average Bonchev–Trinajstić information content (AvgIpc) is 2.73. The van der Waals surface area contributed by atoms with E-state index < -0.39 is 30.6 Å². The lowest BCUT2D eigenvalue weighted by Crippen LogP contribution is -2.42. The zero-order chi connectivity index (χ0) is 22.2. The Labute approximate surface area is 179 Å². The third kappa shape index (κ3) is 6.87. The number of hydrogen-bond donors (Lipinski definition) is 4. The van der Waals surface area contributed by atoms with Crippen molar-refractivity contribution in [3.8, 4) is 5.75 Å². The van der Waals surface area contributed by atoms with Crippen molar-refractivity contribution in [3.63, 3.8) is 0 Å². The number of aliphatic hydroxyl groups is 1.